The number of hydrogen-bond acceptors (Lipinski definition) is 4. The van der Waals surface area contributed by atoms with Crippen LogP contribution in [0.25, 0.3) is 0 Å². The Morgan fingerprint density at radius 2 is 1.78 bits per heavy atom. The van der Waals surface area contributed by atoms with Gasteiger partial charge in [0.25, 0.3) is 0 Å². The highest BCUT2D eigenvalue weighted by atomic mass is 16.6. The molecule has 0 radical (unpaired) electrons. The van der Waals surface area contributed by atoms with Crippen molar-refractivity contribution in [2.45, 2.75) is 90.8 Å². The average molecular weight is 375 g/mol. The second kappa shape index (κ2) is 6.17. The highest BCUT2D eigenvalue weighted by molar-refractivity contribution is 5.89. The molecule has 0 amide bonds. The molecule has 4 rings (SSSR count). The van der Waals surface area contributed by atoms with E-state index in [0.29, 0.717) is 24.2 Å². The van der Waals surface area contributed by atoms with Crippen LogP contribution in [0.5, 0.6) is 0 Å². The summed E-state index contributed by atoms with van der Waals surface area (Å²) in [6, 6.07) is 0. The van der Waals surface area contributed by atoms with Crippen molar-refractivity contribution < 1.29 is 19.4 Å². The quantitative estimate of drug-likeness (QED) is 0.581. The summed E-state index contributed by atoms with van der Waals surface area (Å²) in [4.78, 5) is 24.6. The molecule has 7 atom stereocenters. The molecule has 0 aromatic heterocycles. The second-order valence-corrected chi connectivity index (χ2v) is 10.1. The summed E-state index contributed by atoms with van der Waals surface area (Å²) >= 11 is 0. The minimum atomic E-state index is -0.942. The molecule has 3 saturated carbocycles. The maximum Gasteiger partial charge on any atom is 0.303 e. The molecule has 0 saturated heterocycles. The monoisotopic (exact) mass is 374 g/mol. The molecular weight excluding hydrogens is 340 g/mol. The van der Waals surface area contributed by atoms with E-state index in [2.05, 4.69) is 19.9 Å². The minimum Gasteiger partial charge on any atom is -0.451 e. The smallest absolute Gasteiger partial charge is 0.303 e. The Hall–Kier alpha value is -1.16. The van der Waals surface area contributed by atoms with E-state index in [1.54, 1.807) is 6.92 Å². The van der Waals surface area contributed by atoms with Crippen molar-refractivity contribution in [3.05, 3.63) is 11.6 Å². The molecule has 0 unspecified atom stereocenters. The van der Waals surface area contributed by atoms with E-state index in [9.17, 15) is 14.7 Å². The first-order valence-corrected chi connectivity index (χ1v) is 10.7. The number of rotatable bonds is 2. The van der Waals surface area contributed by atoms with Crippen LogP contribution in [0.2, 0.25) is 0 Å². The molecular formula is C23H34O4. The van der Waals surface area contributed by atoms with Gasteiger partial charge in [-0.15, -0.1) is 0 Å². The summed E-state index contributed by atoms with van der Waals surface area (Å²) in [7, 11) is 0. The number of allylic oxidation sites excluding steroid dienone is 1. The number of aliphatic hydroxyl groups is 1. The number of ether oxygens (including phenoxy) is 1. The van der Waals surface area contributed by atoms with E-state index >= 15 is 0 Å². The van der Waals surface area contributed by atoms with E-state index in [1.165, 1.54) is 12.5 Å². The molecule has 4 heteroatoms. The Morgan fingerprint density at radius 3 is 2.44 bits per heavy atom. The van der Waals surface area contributed by atoms with E-state index in [-0.39, 0.29) is 28.7 Å². The predicted molar refractivity (Wildman–Crippen MR) is 103 cm³/mol. The van der Waals surface area contributed by atoms with Crippen LogP contribution in [0.4, 0.5) is 0 Å². The number of carbonyl (C=O) groups excluding carboxylic acids is 2. The van der Waals surface area contributed by atoms with Crippen molar-refractivity contribution in [2.24, 2.45) is 28.6 Å². The normalized spacial score (nSPS) is 48.7. The van der Waals surface area contributed by atoms with Gasteiger partial charge in [0.1, 0.15) is 0 Å². The highest BCUT2D eigenvalue weighted by Gasteiger charge is 2.67. The summed E-state index contributed by atoms with van der Waals surface area (Å²) in [6.45, 7) is 7.64. The lowest BCUT2D eigenvalue weighted by atomic mass is 9.46. The van der Waals surface area contributed by atoms with Crippen LogP contribution >= 0.6 is 0 Å². The lowest BCUT2D eigenvalue weighted by Crippen LogP contribution is -2.58. The van der Waals surface area contributed by atoms with Crippen LogP contribution in [0.15, 0.2) is 11.6 Å². The number of fused-ring (bicyclic) bond motifs is 5. The zero-order valence-corrected chi connectivity index (χ0v) is 17.2. The number of Topliss-reactive ketones (excluding diaryl/α,β-unsaturated/α-hetero) is 1. The molecule has 150 valence electrons. The van der Waals surface area contributed by atoms with Crippen molar-refractivity contribution in [3.8, 4) is 0 Å². The molecule has 3 fully saturated rings. The van der Waals surface area contributed by atoms with E-state index < -0.39 is 5.60 Å². The molecule has 4 nitrogen and oxygen atoms in total. The third kappa shape index (κ3) is 2.51. The summed E-state index contributed by atoms with van der Waals surface area (Å²) < 4.78 is 5.82. The zero-order valence-electron chi connectivity index (χ0n) is 17.2. The fourth-order valence-corrected chi connectivity index (χ4v) is 7.70. The van der Waals surface area contributed by atoms with Crippen LogP contribution in [0, 0.1) is 28.6 Å². The predicted octanol–water partition coefficient (Wildman–Crippen LogP) is 4.20. The van der Waals surface area contributed by atoms with Gasteiger partial charge in [0.05, 0.1) is 6.10 Å². The van der Waals surface area contributed by atoms with Crippen molar-refractivity contribution in [2.75, 3.05) is 0 Å². The maximum atomic E-state index is 12.7. The first-order chi connectivity index (χ1) is 12.6. The molecule has 0 aromatic carbocycles. The summed E-state index contributed by atoms with van der Waals surface area (Å²) in [6.07, 6.45) is 9.68. The first kappa shape index (κ1) is 19.2. The zero-order chi connectivity index (χ0) is 19.6. The number of ketones is 1. The van der Waals surface area contributed by atoms with E-state index in [1.807, 2.05) is 0 Å². The van der Waals surface area contributed by atoms with Gasteiger partial charge in [0.2, 0.25) is 0 Å². The van der Waals surface area contributed by atoms with E-state index in [4.69, 9.17) is 4.74 Å². The minimum absolute atomic E-state index is 0.0141. The first-order valence-electron chi connectivity index (χ1n) is 10.7. The average Bonchev–Trinajstić information content (AvgIpc) is 2.89. The Bertz CT molecular complexity index is 696. The van der Waals surface area contributed by atoms with Crippen LogP contribution in [0.1, 0.15) is 79.1 Å². The molecule has 0 aromatic rings. The highest BCUT2D eigenvalue weighted by Crippen LogP contribution is 2.68. The third-order valence-electron chi connectivity index (χ3n) is 9.08. The Balaban J connectivity index is 1.70. The maximum absolute atomic E-state index is 12.7. The van der Waals surface area contributed by atoms with Crippen molar-refractivity contribution in [1.29, 1.82) is 0 Å². The molecule has 0 heterocycles. The van der Waals surface area contributed by atoms with E-state index in [0.717, 1.165) is 44.9 Å². The third-order valence-corrected chi connectivity index (χ3v) is 9.08. The second-order valence-electron chi connectivity index (χ2n) is 10.1. The summed E-state index contributed by atoms with van der Waals surface area (Å²) in [5.74, 6) is 1.25. The van der Waals surface area contributed by atoms with Crippen molar-refractivity contribution in [1.82, 2.24) is 0 Å². The lowest BCUT2D eigenvalue weighted by molar-refractivity contribution is -0.186. The molecule has 0 bridgehead atoms. The molecule has 4 aliphatic carbocycles. The summed E-state index contributed by atoms with van der Waals surface area (Å²) in [5, 5.41) is 10.1. The Kier molecular flexibility index (Phi) is 4.38. The molecule has 4 aliphatic rings. The van der Waals surface area contributed by atoms with Gasteiger partial charge in [-0.3, -0.25) is 9.59 Å². The van der Waals surface area contributed by atoms with Crippen LogP contribution in [0.3, 0.4) is 0 Å². The molecule has 0 aliphatic heterocycles. The Morgan fingerprint density at radius 1 is 1.07 bits per heavy atom. The van der Waals surface area contributed by atoms with Crippen LogP contribution in [-0.2, 0) is 14.3 Å². The van der Waals surface area contributed by atoms with Gasteiger partial charge in [-0.05, 0) is 81.5 Å². The number of esters is 1. The van der Waals surface area contributed by atoms with Gasteiger partial charge in [0.15, 0.2) is 11.4 Å². The fraction of sp³-hybridized carbons (Fsp3) is 0.826. The fourth-order valence-electron chi connectivity index (χ4n) is 7.70. The van der Waals surface area contributed by atoms with Gasteiger partial charge in [-0.1, -0.05) is 25.5 Å². The van der Waals surface area contributed by atoms with Gasteiger partial charge < -0.3 is 9.84 Å². The Labute approximate surface area is 162 Å². The van der Waals surface area contributed by atoms with Gasteiger partial charge in [-0.25, -0.2) is 0 Å². The largest absolute Gasteiger partial charge is 0.451 e. The SMILES string of the molecule is CC(=O)O[C@]1(C(C)=O)CC[C@@H]2[C@@H]3CC=C4C[C@H](O)CC[C@]4(C)[C@H]3CC[C@@]21C. The van der Waals surface area contributed by atoms with Gasteiger partial charge in [0, 0.05) is 12.3 Å². The van der Waals surface area contributed by atoms with Gasteiger partial charge in [-0.2, -0.15) is 0 Å². The summed E-state index contributed by atoms with van der Waals surface area (Å²) in [5.41, 5.74) is 0.442. The topological polar surface area (TPSA) is 63.6 Å². The number of carbonyl (C=O) groups is 2. The molecule has 0 spiro atoms. The van der Waals surface area contributed by atoms with Crippen LogP contribution in [-0.4, -0.2) is 28.6 Å². The molecule has 27 heavy (non-hydrogen) atoms. The standard InChI is InChI=1S/C23H34O4/c1-14(24)23(27-15(2)25)12-9-20-18-6-5-16-13-17(26)7-10-21(16,3)19(18)8-11-22(20,23)4/h5,17-20,26H,6-13H2,1-4H3/t17-,18-,19+,20-,21+,22+,23+/m1/s1. The molecule has 1 N–H and O–H groups in total. The van der Waals surface area contributed by atoms with Crippen molar-refractivity contribution in [3.63, 3.8) is 0 Å². The van der Waals surface area contributed by atoms with Crippen LogP contribution < -0.4 is 0 Å². The van der Waals surface area contributed by atoms with Gasteiger partial charge >= 0.3 is 5.97 Å². The number of aliphatic hydroxyl groups excluding tert-OH is 1. The van der Waals surface area contributed by atoms with Crippen molar-refractivity contribution >= 4 is 11.8 Å². The lowest BCUT2D eigenvalue weighted by Gasteiger charge is -2.59. The number of hydrogen-bond donors (Lipinski definition) is 1.